The Morgan fingerprint density at radius 1 is 1.10 bits per heavy atom. The molecule has 0 spiro atoms. The molecule has 0 aliphatic carbocycles. The molecule has 2 N–H and O–H groups in total. The molecule has 2 aromatic rings. The van der Waals surface area contributed by atoms with Gasteiger partial charge < -0.3 is 10.6 Å². The Labute approximate surface area is 178 Å². The van der Waals surface area contributed by atoms with E-state index in [1.54, 1.807) is 23.1 Å². The van der Waals surface area contributed by atoms with Crippen molar-refractivity contribution in [3.05, 3.63) is 65.2 Å². The lowest BCUT2D eigenvalue weighted by Crippen LogP contribution is -2.32. The summed E-state index contributed by atoms with van der Waals surface area (Å²) in [6.07, 6.45) is 0.634. The van der Waals surface area contributed by atoms with E-state index in [2.05, 4.69) is 12.1 Å². The molecule has 8 heteroatoms. The third kappa shape index (κ3) is 4.13. The van der Waals surface area contributed by atoms with Crippen LogP contribution in [0.25, 0.3) is 0 Å². The maximum absolute atomic E-state index is 13.1. The van der Waals surface area contributed by atoms with E-state index in [-0.39, 0.29) is 36.0 Å². The topological polar surface area (TPSA) is 83.7 Å². The molecule has 0 saturated carbocycles. The molecular weight excluding hydrogens is 410 g/mol. The lowest BCUT2D eigenvalue weighted by atomic mass is 9.95. The molecule has 0 bridgehead atoms. The number of benzene rings is 2. The Bertz CT molecular complexity index is 997. The summed E-state index contributed by atoms with van der Waals surface area (Å²) in [5.74, 6) is 0.251. The predicted octanol–water partition coefficient (Wildman–Crippen LogP) is 2.52. The molecule has 2 aromatic carbocycles. The number of carbonyl (C=O) groups is 1. The van der Waals surface area contributed by atoms with Gasteiger partial charge in [-0.05, 0) is 42.7 Å². The summed E-state index contributed by atoms with van der Waals surface area (Å²) in [5.41, 5.74) is 9.48. The highest BCUT2D eigenvalue weighted by Gasteiger charge is 2.35. The summed E-state index contributed by atoms with van der Waals surface area (Å²) in [6.45, 7) is 3.45. The van der Waals surface area contributed by atoms with E-state index in [0.29, 0.717) is 37.3 Å². The van der Waals surface area contributed by atoms with Crippen molar-refractivity contribution in [2.45, 2.75) is 25.3 Å². The molecule has 2 fully saturated rings. The van der Waals surface area contributed by atoms with E-state index < -0.39 is 10.0 Å². The van der Waals surface area contributed by atoms with Crippen LogP contribution >= 0.6 is 12.4 Å². The van der Waals surface area contributed by atoms with Gasteiger partial charge in [0, 0.05) is 37.2 Å². The highest BCUT2D eigenvalue weighted by Crippen LogP contribution is 2.30. The summed E-state index contributed by atoms with van der Waals surface area (Å²) in [5, 5.41) is 0. The fraction of sp³-hybridized carbons (Fsp3) is 0.381. The van der Waals surface area contributed by atoms with Crippen molar-refractivity contribution >= 4 is 34.0 Å². The summed E-state index contributed by atoms with van der Waals surface area (Å²) < 4.78 is 25.7. The number of rotatable bonds is 3. The predicted molar refractivity (Wildman–Crippen MR) is 117 cm³/mol. The van der Waals surface area contributed by atoms with Crippen molar-refractivity contribution in [3.63, 3.8) is 0 Å². The molecule has 156 valence electrons. The van der Waals surface area contributed by atoms with Gasteiger partial charge in [-0.15, -0.1) is 12.4 Å². The second-order valence-corrected chi connectivity index (χ2v) is 9.64. The molecule has 2 heterocycles. The molecule has 0 radical (unpaired) electrons. The molecule has 0 unspecified atom stereocenters. The normalized spacial score (nSPS) is 23.1. The van der Waals surface area contributed by atoms with Gasteiger partial charge in [0.25, 0.3) is 5.91 Å². The van der Waals surface area contributed by atoms with Gasteiger partial charge in [-0.3, -0.25) is 9.10 Å². The van der Waals surface area contributed by atoms with Crippen molar-refractivity contribution in [1.29, 1.82) is 0 Å². The maximum Gasteiger partial charge on any atom is 0.254 e. The zero-order valence-electron chi connectivity index (χ0n) is 16.3. The average molecular weight is 436 g/mol. The van der Waals surface area contributed by atoms with Gasteiger partial charge in [0.2, 0.25) is 10.0 Å². The second kappa shape index (κ2) is 8.34. The molecule has 2 atom stereocenters. The van der Waals surface area contributed by atoms with E-state index in [9.17, 15) is 13.2 Å². The number of carbonyl (C=O) groups excluding carboxylic acids is 1. The van der Waals surface area contributed by atoms with Crippen molar-refractivity contribution < 1.29 is 13.2 Å². The Kier molecular flexibility index (Phi) is 6.22. The molecule has 4 rings (SSSR count). The molecule has 2 aliphatic rings. The monoisotopic (exact) mass is 435 g/mol. The molecular formula is C21H26ClN3O3S. The number of aryl methyl sites for hydroxylation is 1. The zero-order chi connectivity index (χ0) is 19.9. The number of nitrogens with zero attached hydrogens (tertiary/aromatic N) is 2. The van der Waals surface area contributed by atoms with Crippen LogP contribution in [0.4, 0.5) is 5.69 Å². The van der Waals surface area contributed by atoms with E-state index in [0.717, 1.165) is 11.1 Å². The quantitative estimate of drug-likeness (QED) is 0.802. The number of amides is 1. The summed E-state index contributed by atoms with van der Waals surface area (Å²) >= 11 is 0. The number of likely N-dealkylation sites (tertiary alicyclic amines) is 1. The number of nitrogens with two attached hydrogens (primary N) is 1. The van der Waals surface area contributed by atoms with Gasteiger partial charge in [-0.2, -0.15) is 0 Å². The highest BCUT2D eigenvalue weighted by atomic mass is 35.5. The molecule has 6 nitrogen and oxygen atoms in total. The number of anilines is 1. The second-order valence-electron chi connectivity index (χ2n) is 7.63. The fourth-order valence-corrected chi connectivity index (χ4v) is 5.75. The highest BCUT2D eigenvalue weighted by molar-refractivity contribution is 7.93. The third-order valence-electron chi connectivity index (χ3n) is 5.71. The van der Waals surface area contributed by atoms with Gasteiger partial charge in [0.05, 0.1) is 11.4 Å². The SMILES string of the molecule is Cc1cc(N2CCCS2(=O)=O)ccc1C(=O)N1C[C@@H](N)[C@H](c2ccccc2)C1.Cl. The zero-order valence-corrected chi connectivity index (χ0v) is 18.0. The first-order valence-electron chi connectivity index (χ1n) is 9.58. The summed E-state index contributed by atoms with van der Waals surface area (Å²) in [7, 11) is -3.23. The molecule has 2 aliphatic heterocycles. The van der Waals surface area contributed by atoms with Gasteiger partial charge in [-0.25, -0.2) is 8.42 Å². The summed E-state index contributed by atoms with van der Waals surface area (Å²) in [6, 6.07) is 15.2. The number of sulfonamides is 1. The molecule has 29 heavy (non-hydrogen) atoms. The van der Waals surface area contributed by atoms with Crippen molar-refractivity contribution in [3.8, 4) is 0 Å². The first-order valence-corrected chi connectivity index (χ1v) is 11.2. The van der Waals surface area contributed by atoms with Crippen LogP contribution in [0.5, 0.6) is 0 Å². The maximum atomic E-state index is 13.1. The van der Waals surface area contributed by atoms with Crippen LogP contribution in [0.3, 0.4) is 0 Å². The lowest BCUT2D eigenvalue weighted by molar-refractivity contribution is 0.0788. The van der Waals surface area contributed by atoms with Crippen LogP contribution in [0, 0.1) is 6.92 Å². The van der Waals surface area contributed by atoms with Crippen LogP contribution in [0.1, 0.15) is 33.8 Å². The van der Waals surface area contributed by atoms with Crippen LogP contribution in [-0.4, -0.2) is 50.7 Å². The number of hydrogen-bond donors (Lipinski definition) is 1. The van der Waals surface area contributed by atoms with E-state index in [1.807, 2.05) is 25.1 Å². The molecule has 0 aromatic heterocycles. The minimum atomic E-state index is -3.23. The fourth-order valence-electron chi connectivity index (χ4n) is 4.19. The van der Waals surface area contributed by atoms with Gasteiger partial charge in [-0.1, -0.05) is 30.3 Å². The van der Waals surface area contributed by atoms with Crippen molar-refractivity contribution in [1.82, 2.24) is 4.90 Å². The Morgan fingerprint density at radius 2 is 1.83 bits per heavy atom. The Morgan fingerprint density at radius 3 is 2.45 bits per heavy atom. The number of hydrogen-bond acceptors (Lipinski definition) is 4. The molecule has 1 amide bonds. The Hall–Kier alpha value is -2.09. The number of halogens is 1. The largest absolute Gasteiger partial charge is 0.336 e. The smallest absolute Gasteiger partial charge is 0.254 e. The van der Waals surface area contributed by atoms with Crippen molar-refractivity contribution in [2.24, 2.45) is 5.73 Å². The van der Waals surface area contributed by atoms with E-state index in [4.69, 9.17) is 5.73 Å². The molecule has 2 saturated heterocycles. The third-order valence-corrected chi connectivity index (χ3v) is 7.58. The standard InChI is InChI=1S/C21H25N3O3S.ClH/c1-15-12-17(24-10-5-11-28(24,26)27)8-9-18(15)21(25)23-13-19(20(22)14-23)16-6-3-2-4-7-16;/h2-4,6-9,12,19-20H,5,10-11,13-14,22H2,1H3;1H/t19-,20+;/m0./s1. The van der Waals surface area contributed by atoms with E-state index >= 15 is 0 Å². The van der Waals surface area contributed by atoms with Gasteiger partial charge in [0.1, 0.15) is 0 Å². The van der Waals surface area contributed by atoms with Crippen LogP contribution in [0.15, 0.2) is 48.5 Å². The lowest BCUT2D eigenvalue weighted by Gasteiger charge is -2.21. The first kappa shape index (κ1) is 21.6. The van der Waals surface area contributed by atoms with E-state index in [1.165, 1.54) is 4.31 Å². The van der Waals surface area contributed by atoms with Gasteiger partial charge >= 0.3 is 0 Å². The average Bonchev–Trinajstić information content (AvgIpc) is 3.23. The van der Waals surface area contributed by atoms with Crippen LogP contribution < -0.4 is 10.0 Å². The minimum Gasteiger partial charge on any atom is -0.336 e. The van der Waals surface area contributed by atoms with Gasteiger partial charge in [0.15, 0.2) is 0 Å². The van der Waals surface area contributed by atoms with Crippen LogP contribution in [-0.2, 0) is 10.0 Å². The Balaban J connectivity index is 0.00000240. The summed E-state index contributed by atoms with van der Waals surface area (Å²) in [4.78, 5) is 14.9. The first-order chi connectivity index (χ1) is 13.4. The minimum absolute atomic E-state index is 0. The van der Waals surface area contributed by atoms with Crippen LogP contribution in [0.2, 0.25) is 0 Å². The van der Waals surface area contributed by atoms with Crippen molar-refractivity contribution in [2.75, 3.05) is 29.7 Å².